The lowest BCUT2D eigenvalue weighted by Gasteiger charge is -2.00. The topological polar surface area (TPSA) is 4.93 Å². The Morgan fingerprint density at radius 1 is 0.700 bits per heavy atom. The number of hydrogen-bond donors (Lipinski definition) is 0. The Morgan fingerprint density at radius 3 is 2.25 bits per heavy atom. The van der Waals surface area contributed by atoms with Crippen molar-refractivity contribution in [3.05, 3.63) is 77.5 Å². The van der Waals surface area contributed by atoms with Gasteiger partial charge in [0, 0.05) is 33.3 Å². The second-order valence-corrected chi connectivity index (χ2v) is 5.80. The third-order valence-corrected chi connectivity index (χ3v) is 4.33. The van der Waals surface area contributed by atoms with Gasteiger partial charge in [0.1, 0.15) is 0 Å². The van der Waals surface area contributed by atoms with Crippen molar-refractivity contribution in [2.24, 2.45) is 0 Å². The SMILES string of the molecule is Brc1cccc2cc3cn(-c4ccccc4)cc3cc12. The Labute approximate surface area is 125 Å². The summed E-state index contributed by atoms with van der Waals surface area (Å²) in [6.45, 7) is 0. The second-order valence-electron chi connectivity index (χ2n) is 4.94. The van der Waals surface area contributed by atoms with Crippen LogP contribution >= 0.6 is 15.9 Å². The van der Waals surface area contributed by atoms with E-state index in [4.69, 9.17) is 0 Å². The van der Waals surface area contributed by atoms with Crippen molar-refractivity contribution in [1.29, 1.82) is 0 Å². The Hall–Kier alpha value is -2.06. The van der Waals surface area contributed by atoms with Crippen LogP contribution < -0.4 is 0 Å². The maximum atomic E-state index is 3.63. The van der Waals surface area contributed by atoms with Crippen molar-refractivity contribution in [3.8, 4) is 5.69 Å². The predicted octanol–water partition coefficient (Wildman–Crippen LogP) is 5.55. The van der Waals surface area contributed by atoms with Gasteiger partial charge < -0.3 is 4.57 Å². The number of para-hydroxylation sites is 1. The average molecular weight is 322 g/mol. The predicted molar refractivity (Wildman–Crippen MR) is 88.5 cm³/mol. The molecule has 0 unspecified atom stereocenters. The molecule has 0 fully saturated rings. The Morgan fingerprint density at radius 2 is 1.45 bits per heavy atom. The van der Waals surface area contributed by atoms with E-state index >= 15 is 0 Å². The minimum Gasteiger partial charge on any atom is -0.323 e. The molecule has 96 valence electrons. The van der Waals surface area contributed by atoms with E-state index in [1.807, 2.05) is 6.07 Å². The molecule has 0 atom stereocenters. The molecule has 4 rings (SSSR count). The molecular weight excluding hydrogens is 310 g/mol. The van der Waals surface area contributed by atoms with Crippen LogP contribution in [0.4, 0.5) is 0 Å². The average Bonchev–Trinajstić information content (AvgIpc) is 2.90. The molecule has 1 heterocycles. The van der Waals surface area contributed by atoms with Gasteiger partial charge in [0.2, 0.25) is 0 Å². The maximum absolute atomic E-state index is 3.63. The molecule has 2 heteroatoms. The number of aromatic nitrogens is 1. The zero-order valence-electron chi connectivity index (χ0n) is 10.8. The van der Waals surface area contributed by atoms with E-state index in [2.05, 4.69) is 87.5 Å². The molecule has 0 aliphatic carbocycles. The van der Waals surface area contributed by atoms with Gasteiger partial charge >= 0.3 is 0 Å². The first-order valence-electron chi connectivity index (χ1n) is 6.57. The third-order valence-electron chi connectivity index (χ3n) is 3.64. The van der Waals surface area contributed by atoms with Crippen molar-refractivity contribution in [3.63, 3.8) is 0 Å². The van der Waals surface area contributed by atoms with Crippen LogP contribution in [0.2, 0.25) is 0 Å². The van der Waals surface area contributed by atoms with E-state index in [1.54, 1.807) is 0 Å². The molecular formula is C18H12BrN. The van der Waals surface area contributed by atoms with Gasteiger partial charge in [-0.1, -0.05) is 46.3 Å². The molecule has 4 aromatic rings. The molecule has 1 aromatic heterocycles. The van der Waals surface area contributed by atoms with Crippen LogP contribution in [0.1, 0.15) is 0 Å². The van der Waals surface area contributed by atoms with Crippen molar-refractivity contribution in [1.82, 2.24) is 4.57 Å². The van der Waals surface area contributed by atoms with Crippen molar-refractivity contribution in [2.45, 2.75) is 0 Å². The summed E-state index contributed by atoms with van der Waals surface area (Å²) < 4.78 is 3.32. The van der Waals surface area contributed by atoms with Gasteiger partial charge in [0.15, 0.2) is 0 Å². The molecule has 0 saturated heterocycles. The van der Waals surface area contributed by atoms with Gasteiger partial charge in [0.05, 0.1) is 0 Å². The summed E-state index contributed by atoms with van der Waals surface area (Å²) in [7, 11) is 0. The lowest BCUT2D eigenvalue weighted by molar-refractivity contribution is 1.09. The first kappa shape index (κ1) is 11.7. The highest BCUT2D eigenvalue weighted by Crippen LogP contribution is 2.29. The van der Waals surface area contributed by atoms with Gasteiger partial charge in [0.25, 0.3) is 0 Å². The first-order valence-corrected chi connectivity index (χ1v) is 7.36. The smallest absolute Gasteiger partial charge is 0.0449 e. The van der Waals surface area contributed by atoms with Crippen LogP contribution in [0, 0.1) is 0 Å². The van der Waals surface area contributed by atoms with Gasteiger partial charge in [-0.2, -0.15) is 0 Å². The summed E-state index contributed by atoms with van der Waals surface area (Å²) in [5.74, 6) is 0. The quantitative estimate of drug-likeness (QED) is 0.433. The Balaban J connectivity index is 2.00. The lowest BCUT2D eigenvalue weighted by atomic mass is 10.1. The van der Waals surface area contributed by atoms with Crippen LogP contribution in [0.15, 0.2) is 77.5 Å². The summed E-state index contributed by atoms with van der Waals surface area (Å²) in [5.41, 5.74) is 1.19. The molecule has 0 spiro atoms. The summed E-state index contributed by atoms with van der Waals surface area (Å²) in [6, 6.07) is 21.2. The molecule has 3 aromatic carbocycles. The molecule has 0 aliphatic heterocycles. The van der Waals surface area contributed by atoms with Crippen LogP contribution in [-0.4, -0.2) is 4.57 Å². The molecule has 0 amide bonds. The highest BCUT2D eigenvalue weighted by Gasteiger charge is 2.04. The minimum atomic E-state index is 1.14. The van der Waals surface area contributed by atoms with Crippen LogP contribution in [0.3, 0.4) is 0 Å². The highest BCUT2D eigenvalue weighted by atomic mass is 79.9. The first-order chi connectivity index (χ1) is 9.81. The summed E-state index contributed by atoms with van der Waals surface area (Å²) in [4.78, 5) is 0. The van der Waals surface area contributed by atoms with Gasteiger partial charge in [-0.3, -0.25) is 0 Å². The number of hydrogen-bond acceptors (Lipinski definition) is 0. The fourth-order valence-corrected chi connectivity index (χ4v) is 3.13. The normalized spacial score (nSPS) is 11.2. The number of nitrogens with zero attached hydrogens (tertiary/aromatic N) is 1. The maximum Gasteiger partial charge on any atom is 0.0449 e. The Bertz CT molecular complexity index is 907. The van der Waals surface area contributed by atoms with E-state index in [0.717, 1.165) is 4.47 Å². The van der Waals surface area contributed by atoms with Crippen LogP contribution in [-0.2, 0) is 0 Å². The number of benzene rings is 3. The summed E-state index contributed by atoms with van der Waals surface area (Å²) in [5, 5.41) is 5.04. The highest BCUT2D eigenvalue weighted by molar-refractivity contribution is 9.10. The lowest BCUT2D eigenvalue weighted by Crippen LogP contribution is -1.86. The van der Waals surface area contributed by atoms with Gasteiger partial charge in [-0.25, -0.2) is 0 Å². The molecule has 0 bridgehead atoms. The van der Waals surface area contributed by atoms with E-state index in [9.17, 15) is 0 Å². The number of fused-ring (bicyclic) bond motifs is 2. The third kappa shape index (κ3) is 1.84. The summed E-state index contributed by atoms with van der Waals surface area (Å²) in [6.07, 6.45) is 4.37. The fraction of sp³-hybridized carbons (Fsp3) is 0. The van der Waals surface area contributed by atoms with Crippen molar-refractivity contribution in [2.75, 3.05) is 0 Å². The standard InChI is InChI=1S/C18H12BrN/c19-18-8-4-5-13-9-14-11-20(12-15(14)10-17(13)18)16-6-2-1-3-7-16/h1-12H. The molecule has 1 nitrogen and oxygen atoms in total. The van der Waals surface area contributed by atoms with Crippen molar-refractivity contribution < 1.29 is 0 Å². The largest absolute Gasteiger partial charge is 0.323 e. The number of halogens is 1. The van der Waals surface area contributed by atoms with E-state index in [0.29, 0.717) is 0 Å². The van der Waals surface area contributed by atoms with Gasteiger partial charge in [-0.05, 0) is 41.1 Å². The zero-order valence-corrected chi connectivity index (χ0v) is 12.3. The number of rotatable bonds is 1. The van der Waals surface area contributed by atoms with E-state index in [-0.39, 0.29) is 0 Å². The molecule has 20 heavy (non-hydrogen) atoms. The minimum absolute atomic E-state index is 1.14. The van der Waals surface area contributed by atoms with E-state index in [1.165, 1.54) is 27.2 Å². The molecule has 0 saturated carbocycles. The Kier molecular flexibility index (Phi) is 2.64. The second kappa shape index (κ2) is 4.50. The van der Waals surface area contributed by atoms with Crippen LogP contribution in [0.5, 0.6) is 0 Å². The monoisotopic (exact) mass is 321 g/mol. The molecule has 0 radical (unpaired) electrons. The van der Waals surface area contributed by atoms with Crippen LogP contribution in [0.25, 0.3) is 27.2 Å². The zero-order chi connectivity index (χ0) is 13.5. The van der Waals surface area contributed by atoms with Crippen molar-refractivity contribution >= 4 is 37.5 Å². The van der Waals surface area contributed by atoms with Gasteiger partial charge in [-0.15, -0.1) is 0 Å². The summed E-state index contributed by atoms with van der Waals surface area (Å²) >= 11 is 3.63. The fourth-order valence-electron chi connectivity index (χ4n) is 2.63. The molecule has 0 N–H and O–H groups in total. The molecule has 0 aliphatic rings. The van der Waals surface area contributed by atoms with E-state index < -0.39 is 0 Å².